The Bertz CT molecular complexity index is 335. The normalized spacial score (nSPS) is 35.3. The van der Waals surface area contributed by atoms with Crippen LogP contribution in [0.3, 0.4) is 0 Å². The van der Waals surface area contributed by atoms with Crippen LogP contribution in [0.4, 0.5) is 0 Å². The quantitative estimate of drug-likeness (QED) is 0.759. The summed E-state index contributed by atoms with van der Waals surface area (Å²) in [6.07, 6.45) is 5.45. The minimum atomic E-state index is -0.488. The molecule has 20 heavy (non-hydrogen) atoms. The number of likely N-dealkylation sites (tertiary alicyclic amines) is 1. The Morgan fingerprint density at radius 3 is 2.90 bits per heavy atom. The van der Waals surface area contributed by atoms with Crippen molar-refractivity contribution < 1.29 is 9.53 Å². The molecule has 2 rings (SSSR count). The molecule has 5 nitrogen and oxygen atoms in total. The number of carbonyl (C=O) groups is 1. The predicted octanol–water partition coefficient (Wildman–Crippen LogP) is 0.873. The van der Waals surface area contributed by atoms with Gasteiger partial charge in [0.2, 0.25) is 5.91 Å². The van der Waals surface area contributed by atoms with Crippen LogP contribution in [0.15, 0.2) is 0 Å². The average Bonchev–Trinajstić information content (AvgIpc) is 2.86. The van der Waals surface area contributed by atoms with Gasteiger partial charge in [-0.2, -0.15) is 0 Å². The molecule has 1 amide bonds. The van der Waals surface area contributed by atoms with Crippen molar-refractivity contribution in [3.63, 3.8) is 0 Å². The first-order valence-corrected chi connectivity index (χ1v) is 8.02. The van der Waals surface area contributed by atoms with Crippen molar-refractivity contribution in [1.82, 2.24) is 10.2 Å². The molecule has 1 saturated carbocycles. The van der Waals surface area contributed by atoms with Crippen molar-refractivity contribution in [3.05, 3.63) is 0 Å². The second-order valence-electron chi connectivity index (χ2n) is 6.09. The third-order valence-corrected chi connectivity index (χ3v) is 4.80. The number of hydrogen-bond acceptors (Lipinski definition) is 4. The van der Waals surface area contributed by atoms with Gasteiger partial charge in [0, 0.05) is 19.2 Å². The zero-order valence-electron chi connectivity index (χ0n) is 12.9. The number of likely N-dealkylation sites (N-methyl/N-ethyl adjacent to an activating group) is 1. The van der Waals surface area contributed by atoms with E-state index in [2.05, 4.69) is 17.1 Å². The highest BCUT2D eigenvalue weighted by Crippen LogP contribution is 2.34. The molecule has 2 aliphatic rings. The lowest BCUT2D eigenvalue weighted by Gasteiger charge is -2.37. The number of carbonyl (C=O) groups excluding carboxylic acids is 1. The molecule has 116 valence electrons. The first kappa shape index (κ1) is 15.7. The fraction of sp³-hybridized carbons (Fsp3) is 0.933. The Morgan fingerprint density at radius 1 is 1.45 bits per heavy atom. The molecule has 1 aliphatic carbocycles. The van der Waals surface area contributed by atoms with Gasteiger partial charge in [-0.25, -0.2) is 0 Å². The minimum absolute atomic E-state index is 0.194. The second kappa shape index (κ2) is 6.87. The molecular formula is C15H29N3O2. The van der Waals surface area contributed by atoms with Crippen molar-refractivity contribution >= 4 is 5.91 Å². The molecule has 1 saturated heterocycles. The van der Waals surface area contributed by atoms with Gasteiger partial charge in [0.05, 0.1) is 11.6 Å². The lowest BCUT2D eigenvalue weighted by Crippen LogP contribution is -2.55. The fourth-order valence-corrected chi connectivity index (χ4v) is 3.81. The van der Waals surface area contributed by atoms with Gasteiger partial charge < -0.3 is 15.8 Å². The van der Waals surface area contributed by atoms with Gasteiger partial charge in [0.25, 0.3) is 0 Å². The topological polar surface area (TPSA) is 67.6 Å². The van der Waals surface area contributed by atoms with E-state index in [9.17, 15) is 4.79 Å². The maximum absolute atomic E-state index is 11.8. The van der Waals surface area contributed by atoms with Crippen LogP contribution in [0, 0.1) is 0 Å². The Balaban J connectivity index is 1.95. The summed E-state index contributed by atoms with van der Waals surface area (Å²) < 4.78 is 5.77. The first-order chi connectivity index (χ1) is 9.61. The number of piperidine rings is 1. The van der Waals surface area contributed by atoms with Gasteiger partial charge in [0.1, 0.15) is 0 Å². The Hall–Kier alpha value is -0.650. The van der Waals surface area contributed by atoms with Crippen molar-refractivity contribution in [3.8, 4) is 0 Å². The van der Waals surface area contributed by atoms with E-state index in [1.165, 1.54) is 6.42 Å². The molecule has 0 aromatic rings. The van der Waals surface area contributed by atoms with E-state index in [0.29, 0.717) is 12.1 Å². The van der Waals surface area contributed by atoms with Crippen LogP contribution in [0.2, 0.25) is 0 Å². The van der Waals surface area contributed by atoms with Crippen LogP contribution in [0.5, 0.6) is 0 Å². The summed E-state index contributed by atoms with van der Waals surface area (Å²) in [6.45, 7) is 7.78. The van der Waals surface area contributed by atoms with Crippen LogP contribution in [0.1, 0.15) is 46.0 Å². The third kappa shape index (κ3) is 3.32. The van der Waals surface area contributed by atoms with Gasteiger partial charge in [-0.1, -0.05) is 6.92 Å². The van der Waals surface area contributed by atoms with E-state index in [4.69, 9.17) is 10.5 Å². The zero-order chi connectivity index (χ0) is 14.6. The maximum Gasteiger partial charge on any atom is 0.237 e. The van der Waals surface area contributed by atoms with Gasteiger partial charge in [-0.3, -0.25) is 9.69 Å². The summed E-state index contributed by atoms with van der Waals surface area (Å²) in [5.41, 5.74) is 5.15. The third-order valence-electron chi connectivity index (χ3n) is 4.80. The molecule has 0 aromatic heterocycles. The average molecular weight is 283 g/mol. The van der Waals surface area contributed by atoms with Gasteiger partial charge in [-0.15, -0.1) is 0 Å². The number of hydrogen-bond donors (Lipinski definition) is 2. The van der Waals surface area contributed by atoms with Crippen molar-refractivity contribution in [2.45, 2.75) is 63.6 Å². The van der Waals surface area contributed by atoms with Crippen LogP contribution < -0.4 is 11.1 Å². The van der Waals surface area contributed by atoms with E-state index < -0.39 is 5.54 Å². The molecule has 1 heterocycles. The van der Waals surface area contributed by atoms with E-state index in [1.807, 2.05) is 6.92 Å². The summed E-state index contributed by atoms with van der Waals surface area (Å²) in [7, 11) is 0. The number of rotatable bonds is 6. The highest BCUT2D eigenvalue weighted by Gasteiger charge is 2.45. The van der Waals surface area contributed by atoms with Crippen LogP contribution in [0.25, 0.3) is 0 Å². The molecule has 0 bridgehead atoms. The largest absolute Gasteiger partial charge is 0.377 e. The number of primary amides is 1. The summed E-state index contributed by atoms with van der Waals surface area (Å²) in [6, 6.07) is 0.463. The SMILES string of the molecule is CCNC1(C(N)=O)CCC(N2CCCC(OCC)C2)C1. The molecule has 3 atom stereocenters. The van der Waals surface area contributed by atoms with Crippen molar-refractivity contribution in [2.24, 2.45) is 5.73 Å². The Labute approximate surface area is 122 Å². The lowest BCUT2D eigenvalue weighted by atomic mass is 9.95. The number of nitrogens with two attached hydrogens (primary N) is 1. The second-order valence-corrected chi connectivity index (χ2v) is 6.09. The van der Waals surface area contributed by atoms with Gasteiger partial charge >= 0.3 is 0 Å². The molecule has 5 heteroatoms. The van der Waals surface area contributed by atoms with Gasteiger partial charge in [-0.05, 0) is 52.1 Å². The van der Waals surface area contributed by atoms with E-state index in [0.717, 1.165) is 51.9 Å². The van der Waals surface area contributed by atoms with Gasteiger partial charge in [0.15, 0.2) is 0 Å². The number of amides is 1. The highest BCUT2D eigenvalue weighted by molar-refractivity contribution is 5.85. The standard InChI is InChI=1S/C15H29N3O2/c1-3-17-15(14(16)19)8-7-12(10-15)18-9-5-6-13(11-18)20-4-2/h12-13,17H,3-11H2,1-2H3,(H2,16,19). The summed E-state index contributed by atoms with van der Waals surface area (Å²) in [5, 5.41) is 3.33. The molecule has 1 aliphatic heterocycles. The molecule has 3 unspecified atom stereocenters. The fourth-order valence-electron chi connectivity index (χ4n) is 3.81. The number of nitrogens with one attached hydrogen (secondary N) is 1. The van der Waals surface area contributed by atoms with E-state index in [1.54, 1.807) is 0 Å². The molecule has 0 aromatic carbocycles. The van der Waals surface area contributed by atoms with Crippen LogP contribution in [-0.2, 0) is 9.53 Å². The predicted molar refractivity (Wildman–Crippen MR) is 79.5 cm³/mol. The molecular weight excluding hydrogens is 254 g/mol. The van der Waals surface area contributed by atoms with Crippen molar-refractivity contribution in [1.29, 1.82) is 0 Å². The molecule has 0 spiro atoms. The van der Waals surface area contributed by atoms with Crippen LogP contribution in [-0.4, -0.2) is 54.7 Å². The maximum atomic E-state index is 11.8. The van der Waals surface area contributed by atoms with Crippen LogP contribution >= 0.6 is 0 Å². The molecule has 0 radical (unpaired) electrons. The monoisotopic (exact) mass is 283 g/mol. The lowest BCUT2D eigenvalue weighted by molar-refractivity contribution is -0.124. The number of ether oxygens (including phenoxy) is 1. The zero-order valence-corrected chi connectivity index (χ0v) is 12.9. The minimum Gasteiger partial charge on any atom is -0.377 e. The molecule has 2 fully saturated rings. The van der Waals surface area contributed by atoms with E-state index >= 15 is 0 Å². The summed E-state index contributed by atoms with van der Waals surface area (Å²) >= 11 is 0. The Kier molecular flexibility index (Phi) is 5.41. The van der Waals surface area contributed by atoms with Crippen molar-refractivity contribution in [2.75, 3.05) is 26.2 Å². The smallest absolute Gasteiger partial charge is 0.237 e. The highest BCUT2D eigenvalue weighted by atomic mass is 16.5. The summed E-state index contributed by atoms with van der Waals surface area (Å²) in [5.74, 6) is -0.194. The molecule has 3 N–H and O–H groups in total. The number of nitrogens with zero attached hydrogens (tertiary/aromatic N) is 1. The summed E-state index contributed by atoms with van der Waals surface area (Å²) in [4.78, 5) is 14.3. The Morgan fingerprint density at radius 2 is 2.25 bits per heavy atom. The first-order valence-electron chi connectivity index (χ1n) is 8.02. The van der Waals surface area contributed by atoms with E-state index in [-0.39, 0.29) is 5.91 Å².